The topological polar surface area (TPSA) is 74.7 Å². The number of rotatable bonds is 2. The van der Waals surface area contributed by atoms with Crippen molar-refractivity contribution in [2.24, 2.45) is 0 Å². The van der Waals surface area contributed by atoms with Gasteiger partial charge >= 0.3 is 0 Å². The summed E-state index contributed by atoms with van der Waals surface area (Å²) in [7, 11) is 0. The van der Waals surface area contributed by atoms with Crippen molar-refractivity contribution in [2.75, 3.05) is 11.1 Å². The standard InChI is InChI=1S/C12H10N4/c13-8-9-7-10(14)4-5-11(9)16-12-3-1-2-6-15-12/h1-7H,14H2,(H,15,16). The van der Waals surface area contributed by atoms with Gasteiger partial charge in [-0.2, -0.15) is 5.26 Å². The number of hydrogen-bond donors (Lipinski definition) is 2. The summed E-state index contributed by atoms with van der Waals surface area (Å²) in [6.45, 7) is 0. The molecular weight excluding hydrogens is 200 g/mol. The van der Waals surface area contributed by atoms with Crippen molar-refractivity contribution >= 4 is 17.2 Å². The van der Waals surface area contributed by atoms with Gasteiger partial charge in [-0.25, -0.2) is 4.98 Å². The first-order valence-electron chi connectivity index (χ1n) is 4.77. The first-order valence-corrected chi connectivity index (χ1v) is 4.77. The molecule has 4 heteroatoms. The van der Waals surface area contributed by atoms with Gasteiger partial charge in [0, 0.05) is 11.9 Å². The van der Waals surface area contributed by atoms with Gasteiger partial charge in [0.25, 0.3) is 0 Å². The molecule has 78 valence electrons. The highest BCUT2D eigenvalue weighted by molar-refractivity contribution is 5.67. The lowest BCUT2D eigenvalue weighted by Gasteiger charge is -2.07. The highest BCUT2D eigenvalue weighted by atomic mass is 15.0. The van der Waals surface area contributed by atoms with Crippen LogP contribution in [0.1, 0.15) is 5.56 Å². The van der Waals surface area contributed by atoms with Crippen LogP contribution in [-0.2, 0) is 0 Å². The summed E-state index contributed by atoms with van der Waals surface area (Å²) in [4.78, 5) is 4.12. The van der Waals surface area contributed by atoms with Crippen molar-refractivity contribution in [2.45, 2.75) is 0 Å². The van der Waals surface area contributed by atoms with Crippen LogP contribution in [0.3, 0.4) is 0 Å². The van der Waals surface area contributed by atoms with Gasteiger partial charge in [-0.1, -0.05) is 6.07 Å². The quantitative estimate of drug-likeness (QED) is 0.745. The molecule has 3 N–H and O–H groups in total. The van der Waals surface area contributed by atoms with Gasteiger partial charge in [0.15, 0.2) is 0 Å². The van der Waals surface area contributed by atoms with Gasteiger partial charge < -0.3 is 11.1 Å². The van der Waals surface area contributed by atoms with E-state index in [1.807, 2.05) is 18.2 Å². The summed E-state index contributed by atoms with van der Waals surface area (Å²) in [5.41, 5.74) is 7.38. The zero-order valence-electron chi connectivity index (χ0n) is 8.51. The van der Waals surface area contributed by atoms with Gasteiger partial charge in [0.1, 0.15) is 11.9 Å². The number of nitrogens with one attached hydrogen (secondary N) is 1. The van der Waals surface area contributed by atoms with Gasteiger partial charge in [-0.05, 0) is 30.3 Å². The number of benzene rings is 1. The molecule has 1 aromatic carbocycles. The lowest BCUT2D eigenvalue weighted by Crippen LogP contribution is -1.96. The lowest BCUT2D eigenvalue weighted by molar-refractivity contribution is 1.30. The van der Waals surface area contributed by atoms with Crippen LogP contribution in [0.5, 0.6) is 0 Å². The molecule has 0 aliphatic heterocycles. The highest BCUT2D eigenvalue weighted by Gasteiger charge is 2.02. The zero-order valence-corrected chi connectivity index (χ0v) is 8.51. The number of anilines is 3. The maximum atomic E-state index is 8.95. The number of pyridine rings is 1. The largest absolute Gasteiger partial charge is 0.399 e. The zero-order chi connectivity index (χ0) is 11.4. The summed E-state index contributed by atoms with van der Waals surface area (Å²) in [6, 6.07) is 12.8. The molecule has 0 bridgehead atoms. The lowest BCUT2D eigenvalue weighted by atomic mass is 10.1. The van der Waals surface area contributed by atoms with Crippen molar-refractivity contribution in [3.63, 3.8) is 0 Å². The number of nitrogens with two attached hydrogens (primary N) is 1. The number of nitrogens with zero attached hydrogens (tertiary/aromatic N) is 2. The van der Waals surface area contributed by atoms with E-state index in [1.54, 1.807) is 24.4 Å². The van der Waals surface area contributed by atoms with Gasteiger partial charge in [-0.15, -0.1) is 0 Å². The Hall–Kier alpha value is -2.54. The Labute approximate surface area is 93.4 Å². The summed E-state index contributed by atoms with van der Waals surface area (Å²) in [5.74, 6) is 0.698. The van der Waals surface area contributed by atoms with Crippen LogP contribution >= 0.6 is 0 Å². The molecule has 0 unspecified atom stereocenters. The SMILES string of the molecule is N#Cc1cc(N)ccc1Nc1ccccn1. The van der Waals surface area contributed by atoms with Crippen LogP contribution in [0.2, 0.25) is 0 Å². The van der Waals surface area contributed by atoms with Gasteiger partial charge in [0.05, 0.1) is 11.3 Å². The summed E-state index contributed by atoms with van der Waals surface area (Å²) < 4.78 is 0. The first kappa shape index (κ1) is 9.99. The van der Waals surface area contributed by atoms with E-state index in [1.165, 1.54) is 0 Å². The molecule has 0 aliphatic carbocycles. The van der Waals surface area contributed by atoms with Crippen LogP contribution < -0.4 is 11.1 Å². The maximum Gasteiger partial charge on any atom is 0.130 e. The van der Waals surface area contributed by atoms with Gasteiger partial charge in [0.2, 0.25) is 0 Å². The third-order valence-electron chi connectivity index (χ3n) is 2.09. The minimum Gasteiger partial charge on any atom is -0.399 e. The number of nitrogen functional groups attached to an aromatic ring is 1. The van der Waals surface area contributed by atoms with Crippen LogP contribution in [-0.4, -0.2) is 4.98 Å². The molecule has 0 saturated heterocycles. The second kappa shape index (κ2) is 4.32. The number of hydrogen-bond acceptors (Lipinski definition) is 4. The Kier molecular flexibility index (Phi) is 2.70. The second-order valence-corrected chi connectivity index (χ2v) is 3.26. The molecular formula is C12H10N4. The summed E-state index contributed by atoms with van der Waals surface area (Å²) in [6.07, 6.45) is 1.69. The van der Waals surface area contributed by atoms with Crippen molar-refractivity contribution < 1.29 is 0 Å². The van der Waals surface area contributed by atoms with E-state index in [-0.39, 0.29) is 0 Å². The van der Waals surface area contributed by atoms with Crippen LogP contribution in [0.15, 0.2) is 42.6 Å². The molecule has 0 atom stereocenters. The molecule has 0 amide bonds. The average Bonchev–Trinajstić information content (AvgIpc) is 2.33. The van der Waals surface area contributed by atoms with Crippen molar-refractivity contribution in [1.29, 1.82) is 5.26 Å². The monoisotopic (exact) mass is 210 g/mol. The Balaban J connectivity index is 2.32. The van der Waals surface area contributed by atoms with Crippen LogP contribution in [0, 0.1) is 11.3 Å². The van der Waals surface area contributed by atoms with E-state index in [0.29, 0.717) is 22.8 Å². The molecule has 16 heavy (non-hydrogen) atoms. The third-order valence-corrected chi connectivity index (χ3v) is 2.09. The van der Waals surface area contributed by atoms with E-state index in [4.69, 9.17) is 11.0 Å². The molecule has 2 aromatic rings. The van der Waals surface area contributed by atoms with Crippen molar-refractivity contribution in [1.82, 2.24) is 4.98 Å². The molecule has 2 rings (SSSR count). The summed E-state index contributed by atoms with van der Waals surface area (Å²) >= 11 is 0. The molecule has 0 spiro atoms. The minimum atomic E-state index is 0.505. The van der Waals surface area contributed by atoms with Crippen LogP contribution in [0.25, 0.3) is 0 Å². The predicted molar refractivity (Wildman–Crippen MR) is 63.1 cm³/mol. The van der Waals surface area contributed by atoms with Gasteiger partial charge in [-0.3, -0.25) is 0 Å². The fourth-order valence-electron chi connectivity index (χ4n) is 1.34. The van der Waals surface area contributed by atoms with E-state index < -0.39 is 0 Å². The van der Waals surface area contributed by atoms with Crippen molar-refractivity contribution in [3.8, 4) is 6.07 Å². The second-order valence-electron chi connectivity index (χ2n) is 3.26. The van der Waals surface area contributed by atoms with E-state index in [2.05, 4.69) is 16.4 Å². The average molecular weight is 210 g/mol. The highest BCUT2D eigenvalue weighted by Crippen LogP contribution is 2.21. The van der Waals surface area contributed by atoms with E-state index in [0.717, 1.165) is 0 Å². The Morgan fingerprint density at radius 3 is 2.81 bits per heavy atom. The van der Waals surface area contributed by atoms with E-state index in [9.17, 15) is 0 Å². The van der Waals surface area contributed by atoms with Crippen LogP contribution in [0.4, 0.5) is 17.2 Å². The molecule has 1 heterocycles. The molecule has 4 nitrogen and oxygen atoms in total. The Morgan fingerprint density at radius 1 is 1.25 bits per heavy atom. The first-order chi connectivity index (χ1) is 7.79. The minimum absolute atomic E-state index is 0.505. The molecule has 0 radical (unpaired) electrons. The predicted octanol–water partition coefficient (Wildman–Crippen LogP) is 2.28. The number of aromatic nitrogens is 1. The molecule has 0 fully saturated rings. The summed E-state index contributed by atoms with van der Waals surface area (Å²) in [5, 5.41) is 12.0. The fourth-order valence-corrected chi connectivity index (χ4v) is 1.34. The smallest absolute Gasteiger partial charge is 0.130 e. The fraction of sp³-hybridized carbons (Fsp3) is 0. The Bertz CT molecular complexity index is 528. The molecule has 0 saturated carbocycles. The number of nitriles is 1. The molecule has 0 aliphatic rings. The maximum absolute atomic E-state index is 8.95. The Morgan fingerprint density at radius 2 is 2.12 bits per heavy atom. The molecule has 1 aromatic heterocycles. The van der Waals surface area contributed by atoms with E-state index >= 15 is 0 Å². The van der Waals surface area contributed by atoms with Crippen molar-refractivity contribution in [3.05, 3.63) is 48.2 Å². The third kappa shape index (κ3) is 2.10. The normalized spacial score (nSPS) is 9.44.